The maximum atomic E-state index is 13.7. The van der Waals surface area contributed by atoms with Crippen molar-refractivity contribution in [3.05, 3.63) is 30.1 Å². The van der Waals surface area contributed by atoms with E-state index in [1.165, 1.54) is 4.90 Å². The van der Waals surface area contributed by atoms with Crippen molar-refractivity contribution in [1.82, 2.24) is 14.9 Å². The van der Waals surface area contributed by atoms with E-state index in [4.69, 9.17) is 0 Å². The number of carbonyl (C=O) groups is 1. The molecule has 38 heavy (non-hydrogen) atoms. The average Bonchev–Trinajstić information content (AvgIpc) is 3.24. The minimum atomic E-state index is -3.80. The van der Waals surface area contributed by atoms with E-state index in [2.05, 4.69) is 40.5 Å². The lowest BCUT2D eigenvalue weighted by Crippen LogP contribution is -2.54. The second-order valence-electron chi connectivity index (χ2n) is 11.3. The number of hydrogen-bond donors (Lipinski definition) is 2. The number of hydrogen-bond acceptors (Lipinski definition) is 6. The second-order valence-corrected chi connectivity index (χ2v) is 13.0. The molecule has 2 N–H and O–H groups in total. The molecular formula is C26H35F2N6O3S+. The third-order valence-electron chi connectivity index (χ3n) is 7.73. The Hall–Kier alpha value is -2.70. The van der Waals surface area contributed by atoms with Crippen LogP contribution in [0.1, 0.15) is 45.6 Å². The van der Waals surface area contributed by atoms with Gasteiger partial charge in [0.25, 0.3) is 5.91 Å². The molecule has 0 bridgehead atoms. The first kappa shape index (κ1) is 26.9. The molecule has 4 aliphatic rings. The van der Waals surface area contributed by atoms with Crippen LogP contribution < -0.4 is 14.9 Å². The lowest BCUT2D eigenvalue weighted by Gasteiger charge is -2.38. The smallest absolute Gasteiger partial charge is 0.282 e. The molecule has 2 unspecified atom stereocenters. The van der Waals surface area contributed by atoms with Crippen molar-refractivity contribution in [1.29, 1.82) is 0 Å². The number of piperazine rings is 1. The molecule has 3 heterocycles. The minimum absolute atomic E-state index is 0.120. The first-order valence-corrected chi connectivity index (χ1v) is 14.5. The zero-order valence-electron chi connectivity index (χ0n) is 22.0. The summed E-state index contributed by atoms with van der Waals surface area (Å²) < 4.78 is 58.5. The zero-order chi connectivity index (χ0) is 27.4. The number of alkyl halides is 1. The lowest BCUT2D eigenvalue weighted by molar-refractivity contribution is -0.438. The van der Waals surface area contributed by atoms with Crippen molar-refractivity contribution in [2.24, 2.45) is 11.0 Å². The number of fused-ring (bicyclic) bond motifs is 1. The Morgan fingerprint density at radius 1 is 1.29 bits per heavy atom. The first-order chi connectivity index (χ1) is 17.9. The van der Waals surface area contributed by atoms with Crippen LogP contribution in [-0.4, -0.2) is 86.3 Å². The number of amides is 1. The van der Waals surface area contributed by atoms with Gasteiger partial charge in [-0.1, -0.05) is 11.3 Å². The van der Waals surface area contributed by atoms with Gasteiger partial charge >= 0.3 is 0 Å². The van der Waals surface area contributed by atoms with E-state index in [-0.39, 0.29) is 29.4 Å². The average molecular weight is 550 g/mol. The topological polar surface area (TPSA) is 97.1 Å². The monoisotopic (exact) mass is 549 g/mol. The zero-order valence-corrected chi connectivity index (χ0v) is 22.8. The van der Waals surface area contributed by atoms with Crippen LogP contribution in [0.3, 0.4) is 0 Å². The molecule has 12 heteroatoms. The van der Waals surface area contributed by atoms with Crippen LogP contribution in [0.5, 0.6) is 0 Å². The highest BCUT2D eigenvalue weighted by Crippen LogP contribution is 2.39. The van der Waals surface area contributed by atoms with Gasteiger partial charge in [-0.05, 0) is 51.2 Å². The Bertz CT molecular complexity index is 1320. The van der Waals surface area contributed by atoms with Gasteiger partial charge in [0.15, 0.2) is 12.0 Å². The fraction of sp³-hybridized carbons (Fsp3) is 0.577. The number of nitrogens with zero attached hydrogens (tertiary/aromatic N) is 4. The van der Waals surface area contributed by atoms with Crippen molar-refractivity contribution in [2.45, 2.75) is 68.6 Å². The minimum Gasteiger partial charge on any atom is -0.368 e. The Morgan fingerprint density at radius 2 is 1.97 bits per heavy atom. The number of sulfonamides is 1. The molecule has 5 rings (SSSR count). The van der Waals surface area contributed by atoms with Crippen LogP contribution in [0, 0.1) is 5.92 Å². The molecule has 0 radical (unpaired) electrons. The van der Waals surface area contributed by atoms with E-state index in [9.17, 15) is 22.0 Å². The van der Waals surface area contributed by atoms with Crippen LogP contribution in [0.2, 0.25) is 0 Å². The number of benzene rings is 1. The summed E-state index contributed by atoms with van der Waals surface area (Å²) in [7, 11) is -3.80. The molecule has 1 aromatic carbocycles. The van der Waals surface area contributed by atoms with Crippen molar-refractivity contribution >= 4 is 39.7 Å². The van der Waals surface area contributed by atoms with Crippen molar-refractivity contribution < 1.29 is 26.7 Å². The Labute approximate surface area is 222 Å². The van der Waals surface area contributed by atoms with Gasteiger partial charge in [0, 0.05) is 43.3 Å². The van der Waals surface area contributed by atoms with E-state index in [0.29, 0.717) is 25.2 Å². The molecule has 0 spiro atoms. The SMILES string of the molecule is C=C(F)C(=O)N1CC(/C=[N+]2\N=Cc3c(N4CC(C)N[C@@H](C)C4)cc(S(=O)(=O)NC4(C)CC4)cc32)C[C@H]1CF. The van der Waals surface area contributed by atoms with Gasteiger partial charge in [-0.3, -0.25) is 4.79 Å². The van der Waals surface area contributed by atoms with Crippen LogP contribution in [-0.2, 0) is 14.8 Å². The first-order valence-electron chi connectivity index (χ1n) is 13.0. The van der Waals surface area contributed by atoms with Crippen LogP contribution in [0.4, 0.5) is 20.2 Å². The molecule has 3 fully saturated rings. The van der Waals surface area contributed by atoms with E-state index in [0.717, 1.165) is 24.1 Å². The highest BCUT2D eigenvalue weighted by atomic mass is 32.2. The van der Waals surface area contributed by atoms with Crippen molar-refractivity contribution in [3.8, 4) is 0 Å². The van der Waals surface area contributed by atoms with Crippen LogP contribution in [0.15, 0.2) is 34.5 Å². The van der Waals surface area contributed by atoms with Gasteiger partial charge in [-0.15, -0.1) is 0 Å². The Morgan fingerprint density at radius 3 is 2.58 bits per heavy atom. The standard InChI is InChI=1S/C26H35F2N6O3S/c1-16-12-32(13-17(2)30-16)23-8-21(38(36,37)31-26(4)5-6-26)9-24-22(23)11-29-34(24)15-19-7-20(10-27)33(14-19)25(35)18(3)28/h8-9,11,15-17,19-20,30-31H,3,5-7,10,12-14H2,1-2,4H3/q+1/b34-15-/t16-,17?,19?,20-/m0/s1. The summed E-state index contributed by atoms with van der Waals surface area (Å²) in [5, 5.41) is 8.03. The molecule has 1 saturated carbocycles. The predicted molar refractivity (Wildman–Crippen MR) is 142 cm³/mol. The molecule has 0 aromatic heterocycles. The number of carbonyl (C=O) groups excluding carboxylic acids is 1. The highest BCUT2D eigenvalue weighted by molar-refractivity contribution is 7.89. The number of halogens is 2. The summed E-state index contributed by atoms with van der Waals surface area (Å²) in [6.07, 6.45) is 5.35. The quantitative estimate of drug-likeness (QED) is 0.402. The van der Waals surface area contributed by atoms with Crippen molar-refractivity contribution in [2.75, 3.05) is 31.2 Å². The molecule has 4 atom stereocenters. The van der Waals surface area contributed by atoms with Crippen LogP contribution in [0.25, 0.3) is 0 Å². The maximum Gasteiger partial charge on any atom is 0.282 e. The number of anilines is 1. The van der Waals surface area contributed by atoms with E-state index in [1.54, 1.807) is 29.2 Å². The fourth-order valence-electron chi connectivity index (χ4n) is 5.65. The molecule has 1 aliphatic carbocycles. The summed E-state index contributed by atoms with van der Waals surface area (Å²) in [4.78, 5) is 15.7. The van der Waals surface area contributed by atoms with E-state index < -0.39 is 40.0 Å². The number of rotatable bonds is 7. The number of likely N-dealkylation sites (tertiary alicyclic amines) is 1. The van der Waals surface area contributed by atoms with Gasteiger partial charge in [-0.25, -0.2) is 21.9 Å². The van der Waals surface area contributed by atoms with E-state index >= 15 is 0 Å². The third kappa shape index (κ3) is 5.26. The maximum absolute atomic E-state index is 13.7. The molecule has 2 saturated heterocycles. The molecule has 9 nitrogen and oxygen atoms in total. The lowest BCUT2D eigenvalue weighted by atomic mass is 10.1. The molecule has 1 aromatic rings. The highest BCUT2D eigenvalue weighted by Gasteiger charge is 2.43. The summed E-state index contributed by atoms with van der Waals surface area (Å²) in [5.41, 5.74) is 1.74. The Kier molecular flexibility index (Phi) is 6.93. The summed E-state index contributed by atoms with van der Waals surface area (Å²) in [6.45, 7) is 9.86. The molecule has 3 aliphatic heterocycles. The second kappa shape index (κ2) is 9.80. The molecule has 1 amide bonds. The molecule has 206 valence electrons. The number of nitrogens with one attached hydrogen (secondary N) is 2. The summed E-state index contributed by atoms with van der Waals surface area (Å²) >= 11 is 0. The van der Waals surface area contributed by atoms with Gasteiger partial charge in [0.05, 0.1) is 28.1 Å². The summed E-state index contributed by atoms with van der Waals surface area (Å²) in [6, 6.07) is 3.00. The largest absolute Gasteiger partial charge is 0.368 e. The Balaban J connectivity index is 1.53. The van der Waals surface area contributed by atoms with Gasteiger partial charge in [0.1, 0.15) is 12.9 Å². The van der Waals surface area contributed by atoms with Crippen LogP contribution >= 0.6 is 0 Å². The van der Waals surface area contributed by atoms with Gasteiger partial charge in [0.2, 0.25) is 15.7 Å². The third-order valence-corrected chi connectivity index (χ3v) is 9.34. The fourth-order valence-corrected chi connectivity index (χ4v) is 7.15. The summed E-state index contributed by atoms with van der Waals surface area (Å²) in [5.74, 6) is -2.33. The molecular weight excluding hydrogens is 514 g/mol. The van der Waals surface area contributed by atoms with E-state index in [1.807, 2.05) is 6.92 Å². The van der Waals surface area contributed by atoms with Crippen molar-refractivity contribution in [3.63, 3.8) is 0 Å². The predicted octanol–water partition coefficient (Wildman–Crippen LogP) is 2.44. The van der Waals surface area contributed by atoms with Gasteiger partial charge < -0.3 is 15.1 Å². The number of hydrazone groups is 1. The van der Waals surface area contributed by atoms with Gasteiger partial charge in [-0.2, -0.15) is 0 Å². The normalized spacial score (nSPS) is 29.1.